The SMILES string of the molecule is CCN(CC)S(=O)(=O)c1ccc(CNC(=O)COC(=O)[C@H]2C[C@@H]2C)cc1. The van der Waals surface area contributed by atoms with Crippen molar-refractivity contribution in [1.82, 2.24) is 9.62 Å². The highest BCUT2D eigenvalue weighted by atomic mass is 32.2. The third kappa shape index (κ3) is 5.04. The number of hydrogen-bond donors (Lipinski definition) is 1. The third-order valence-corrected chi connectivity index (χ3v) is 6.58. The van der Waals surface area contributed by atoms with E-state index >= 15 is 0 Å². The molecule has 0 bridgehead atoms. The first kappa shape index (κ1) is 20.4. The van der Waals surface area contributed by atoms with Crippen molar-refractivity contribution in [2.24, 2.45) is 11.8 Å². The Morgan fingerprint density at radius 3 is 2.27 bits per heavy atom. The number of nitrogens with one attached hydrogen (secondary N) is 1. The number of nitrogens with zero attached hydrogens (tertiary/aromatic N) is 1. The van der Waals surface area contributed by atoms with Gasteiger partial charge in [0.2, 0.25) is 10.0 Å². The smallest absolute Gasteiger partial charge is 0.309 e. The summed E-state index contributed by atoms with van der Waals surface area (Å²) in [7, 11) is -3.49. The van der Waals surface area contributed by atoms with Crippen molar-refractivity contribution in [3.63, 3.8) is 0 Å². The molecular formula is C18H26N2O5S. The maximum Gasteiger partial charge on any atom is 0.309 e. The summed E-state index contributed by atoms with van der Waals surface area (Å²) in [5, 5.41) is 2.65. The van der Waals surface area contributed by atoms with Crippen LogP contribution in [0.3, 0.4) is 0 Å². The van der Waals surface area contributed by atoms with Gasteiger partial charge in [0.1, 0.15) is 0 Å². The summed E-state index contributed by atoms with van der Waals surface area (Å²) in [6.07, 6.45) is 0.823. The molecular weight excluding hydrogens is 356 g/mol. The van der Waals surface area contributed by atoms with Crippen LogP contribution in [0.5, 0.6) is 0 Å². The van der Waals surface area contributed by atoms with Crippen LogP contribution in [0.4, 0.5) is 0 Å². The fourth-order valence-corrected chi connectivity index (χ4v) is 4.10. The highest BCUT2D eigenvalue weighted by Gasteiger charge is 2.40. The first-order valence-corrected chi connectivity index (χ1v) is 10.3. The molecule has 1 N–H and O–H groups in total. The highest BCUT2D eigenvalue weighted by molar-refractivity contribution is 7.89. The standard InChI is InChI=1S/C18H26N2O5S/c1-4-20(5-2)26(23,24)15-8-6-14(7-9-15)11-19-17(21)12-25-18(22)16-10-13(16)3/h6-9,13,16H,4-5,10-12H2,1-3H3,(H,19,21)/t13-,16-/m0/s1. The zero-order valence-electron chi connectivity index (χ0n) is 15.4. The lowest BCUT2D eigenvalue weighted by Crippen LogP contribution is -2.30. The van der Waals surface area contributed by atoms with Gasteiger partial charge in [0.05, 0.1) is 10.8 Å². The zero-order chi connectivity index (χ0) is 19.3. The maximum atomic E-state index is 12.4. The highest BCUT2D eigenvalue weighted by Crippen LogP contribution is 2.38. The summed E-state index contributed by atoms with van der Waals surface area (Å²) < 4.78 is 31.2. The first-order valence-electron chi connectivity index (χ1n) is 8.82. The van der Waals surface area contributed by atoms with Crippen LogP contribution >= 0.6 is 0 Å². The van der Waals surface area contributed by atoms with E-state index < -0.39 is 10.0 Å². The number of rotatable bonds is 9. The Kier molecular flexibility index (Phi) is 6.77. The molecule has 1 fully saturated rings. The topological polar surface area (TPSA) is 92.8 Å². The van der Waals surface area contributed by atoms with Gasteiger partial charge >= 0.3 is 5.97 Å². The van der Waals surface area contributed by atoms with Crippen LogP contribution in [0.15, 0.2) is 29.2 Å². The Labute approximate surface area is 154 Å². The van der Waals surface area contributed by atoms with Gasteiger partial charge in [-0.3, -0.25) is 9.59 Å². The van der Waals surface area contributed by atoms with Gasteiger partial charge in [-0.1, -0.05) is 32.9 Å². The fraction of sp³-hybridized carbons (Fsp3) is 0.556. The lowest BCUT2D eigenvalue weighted by atomic mass is 10.2. The molecule has 1 saturated carbocycles. The quantitative estimate of drug-likeness (QED) is 0.654. The van der Waals surface area contributed by atoms with Gasteiger partial charge in [0.25, 0.3) is 5.91 Å². The fourth-order valence-electron chi connectivity index (χ4n) is 2.64. The van der Waals surface area contributed by atoms with Gasteiger partial charge in [-0.15, -0.1) is 0 Å². The lowest BCUT2D eigenvalue weighted by Gasteiger charge is -2.18. The monoisotopic (exact) mass is 382 g/mol. The van der Waals surface area contributed by atoms with E-state index in [1.807, 2.05) is 6.92 Å². The minimum atomic E-state index is -3.49. The van der Waals surface area contributed by atoms with Crippen molar-refractivity contribution >= 4 is 21.9 Å². The molecule has 0 radical (unpaired) electrons. The summed E-state index contributed by atoms with van der Waals surface area (Å²) >= 11 is 0. The van der Waals surface area contributed by atoms with Gasteiger partial charge in [-0.25, -0.2) is 8.42 Å². The van der Waals surface area contributed by atoms with E-state index in [9.17, 15) is 18.0 Å². The molecule has 2 atom stereocenters. The average Bonchev–Trinajstić information content (AvgIpc) is 3.36. The second-order valence-corrected chi connectivity index (χ2v) is 8.38. The van der Waals surface area contributed by atoms with Crippen LogP contribution in [-0.2, 0) is 30.9 Å². The average molecular weight is 382 g/mol. The van der Waals surface area contributed by atoms with Crippen LogP contribution in [0, 0.1) is 11.8 Å². The van der Waals surface area contributed by atoms with Crippen LogP contribution in [-0.4, -0.2) is 44.3 Å². The molecule has 0 aromatic heterocycles. The molecule has 0 saturated heterocycles. The molecule has 8 heteroatoms. The van der Waals surface area contributed by atoms with Crippen molar-refractivity contribution < 1.29 is 22.7 Å². The molecule has 1 aliphatic carbocycles. The van der Waals surface area contributed by atoms with E-state index in [4.69, 9.17) is 4.74 Å². The summed E-state index contributed by atoms with van der Waals surface area (Å²) in [5.74, 6) is -0.426. The van der Waals surface area contributed by atoms with E-state index in [1.54, 1.807) is 26.0 Å². The number of carbonyl (C=O) groups is 2. The predicted molar refractivity (Wildman–Crippen MR) is 96.6 cm³/mol. The number of amides is 1. The lowest BCUT2D eigenvalue weighted by molar-refractivity contribution is -0.150. The summed E-state index contributed by atoms with van der Waals surface area (Å²) in [5.41, 5.74) is 0.763. The molecule has 1 amide bonds. The van der Waals surface area contributed by atoms with Gasteiger partial charge in [-0.2, -0.15) is 4.31 Å². The van der Waals surface area contributed by atoms with Crippen molar-refractivity contribution in [3.8, 4) is 0 Å². The number of ether oxygens (including phenoxy) is 1. The summed E-state index contributed by atoms with van der Waals surface area (Å²) in [4.78, 5) is 23.5. The predicted octanol–water partition coefficient (Wildman–Crippen LogP) is 1.53. The molecule has 0 heterocycles. The molecule has 7 nitrogen and oxygen atoms in total. The summed E-state index contributed by atoms with van der Waals surface area (Å²) in [6, 6.07) is 6.39. The largest absolute Gasteiger partial charge is 0.455 e. The normalized spacial score (nSPS) is 19.2. The molecule has 2 rings (SSSR count). The second kappa shape index (κ2) is 8.64. The Morgan fingerprint density at radius 1 is 1.19 bits per heavy atom. The molecule has 0 spiro atoms. The van der Waals surface area contributed by atoms with Gasteiger partial charge in [0, 0.05) is 19.6 Å². The molecule has 26 heavy (non-hydrogen) atoms. The number of benzene rings is 1. The number of carbonyl (C=O) groups excluding carboxylic acids is 2. The van der Waals surface area contributed by atoms with Crippen molar-refractivity contribution in [1.29, 1.82) is 0 Å². The van der Waals surface area contributed by atoms with Gasteiger partial charge in [0.15, 0.2) is 6.61 Å². The van der Waals surface area contributed by atoms with Crippen LogP contribution < -0.4 is 5.32 Å². The minimum Gasteiger partial charge on any atom is -0.455 e. The number of sulfonamides is 1. The third-order valence-electron chi connectivity index (χ3n) is 4.51. The van der Waals surface area contributed by atoms with E-state index in [0.717, 1.165) is 12.0 Å². The Morgan fingerprint density at radius 2 is 1.77 bits per heavy atom. The Balaban J connectivity index is 1.83. The Hall–Kier alpha value is -1.93. The van der Waals surface area contributed by atoms with Gasteiger partial charge in [-0.05, 0) is 30.0 Å². The second-order valence-electron chi connectivity index (χ2n) is 6.44. The molecule has 0 aliphatic heterocycles. The minimum absolute atomic E-state index is 0.0666. The van der Waals surface area contributed by atoms with Crippen LogP contribution in [0.25, 0.3) is 0 Å². The molecule has 144 valence electrons. The molecule has 1 aromatic carbocycles. The van der Waals surface area contributed by atoms with E-state index in [-0.39, 0.29) is 35.8 Å². The van der Waals surface area contributed by atoms with Crippen LogP contribution in [0.1, 0.15) is 32.8 Å². The molecule has 1 aliphatic rings. The molecule has 1 aromatic rings. The summed E-state index contributed by atoms with van der Waals surface area (Å²) in [6.45, 7) is 6.32. The first-order chi connectivity index (χ1) is 12.3. The zero-order valence-corrected chi connectivity index (χ0v) is 16.2. The van der Waals surface area contributed by atoms with Crippen molar-refractivity contribution in [2.75, 3.05) is 19.7 Å². The molecule has 0 unspecified atom stereocenters. The van der Waals surface area contributed by atoms with E-state index in [1.165, 1.54) is 16.4 Å². The van der Waals surface area contributed by atoms with Gasteiger partial charge < -0.3 is 10.1 Å². The Bertz CT molecular complexity index is 741. The number of hydrogen-bond acceptors (Lipinski definition) is 5. The van der Waals surface area contributed by atoms with Crippen LogP contribution in [0.2, 0.25) is 0 Å². The van der Waals surface area contributed by atoms with Crippen molar-refractivity contribution in [3.05, 3.63) is 29.8 Å². The van der Waals surface area contributed by atoms with E-state index in [0.29, 0.717) is 19.0 Å². The van der Waals surface area contributed by atoms with E-state index in [2.05, 4.69) is 5.32 Å². The maximum absolute atomic E-state index is 12.4. The van der Waals surface area contributed by atoms with Crippen molar-refractivity contribution in [2.45, 2.75) is 38.6 Å². The number of esters is 1.